The first-order chi connectivity index (χ1) is 12.6. The number of benzene rings is 1. The zero-order valence-electron chi connectivity index (χ0n) is 14.2. The highest BCUT2D eigenvalue weighted by molar-refractivity contribution is 7.15. The Morgan fingerprint density at radius 3 is 2.85 bits per heavy atom. The minimum absolute atomic E-state index is 0.00413. The minimum Gasteiger partial charge on any atom is -0.497 e. The number of carbonyl (C=O) groups excluding carboxylic acids is 2. The van der Waals surface area contributed by atoms with Crippen LogP contribution in [-0.2, 0) is 20.7 Å². The molecule has 1 N–H and O–H groups in total. The van der Waals surface area contributed by atoms with Crippen molar-refractivity contribution in [3.8, 4) is 11.5 Å². The maximum Gasteiger partial charge on any atom is 0.312 e. The monoisotopic (exact) mass is 375 g/mol. The third-order valence-corrected chi connectivity index (χ3v) is 4.28. The van der Waals surface area contributed by atoms with Crippen LogP contribution in [0.2, 0.25) is 0 Å². The number of fused-ring (bicyclic) bond motifs is 1. The lowest BCUT2D eigenvalue weighted by molar-refractivity contribution is -0.146. The van der Waals surface area contributed by atoms with E-state index in [9.17, 15) is 9.59 Å². The fourth-order valence-corrected chi connectivity index (χ4v) is 3.02. The molecule has 0 bridgehead atoms. The summed E-state index contributed by atoms with van der Waals surface area (Å²) in [6.45, 7) is -0.401. The van der Waals surface area contributed by atoms with Gasteiger partial charge in [-0.1, -0.05) is 0 Å². The molecule has 1 aromatic carbocycles. The topological polar surface area (TPSA) is 91.2 Å². The van der Waals surface area contributed by atoms with Crippen molar-refractivity contribution in [1.29, 1.82) is 0 Å². The summed E-state index contributed by atoms with van der Waals surface area (Å²) in [7, 11) is 3.02. The van der Waals surface area contributed by atoms with E-state index >= 15 is 0 Å². The number of methoxy groups -OCH3 is 2. The summed E-state index contributed by atoms with van der Waals surface area (Å²) in [4.78, 5) is 29.0. The number of ether oxygens (including phenoxy) is 3. The zero-order valence-corrected chi connectivity index (χ0v) is 15.0. The van der Waals surface area contributed by atoms with Crippen molar-refractivity contribution in [3.63, 3.8) is 0 Å². The van der Waals surface area contributed by atoms with Gasteiger partial charge in [-0.2, -0.15) is 0 Å². The van der Waals surface area contributed by atoms with E-state index < -0.39 is 18.5 Å². The molecule has 0 fully saturated rings. The van der Waals surface area contributed by atoms with Gasteiger partial charge in [-0.15, -0.1) is 11.3 Å². The number of nitrogens with zero attached hydrogens (tertiary/aromatic N) is 2. The average molecular weight is 375 g/mol. The molecule has 3 aromatic rings. The number of hydrogen-bond acceptors (Lipinski definition) is 7. The van der Waals surface area contributed by atoms with E-state index in [0.717, 1.165) is 4.96 Å². The van der Waals surface area contributed by atoms with E-state index in [0.29, 0.717) is 22.9 Å². The summed E-state index contributed by atoms with van der Waals surface area (Å²) in [5.74, 6) is 0.0423. The van der Waals surface area contributed by atoms with Crippen LogP contribution in [0.15, 0.2) is 36.0 Å². The van der Waals surface area contributed by atoms with Crippen LogP contribution < -0.4 is 14.8 Å². The lowest BCUT2D eigenvalue weighted by Crippen LogP contribution is -2.22. The fraction of sp³-hybridized carbons (Fsp3) is 0.235. The molecule has 0 radical (unpaired) electrons. The van der Waals surface area contributed by atoms with Gasteiger partial charge in [0.05, 0.1) is 32.0 Å². The number of hydrogen-bond donors (Lipinski definition) is 1. The second-order valence-electron chi connectivity index (χ2n) is 5.28. The molecule has 2 aromatic heterocycles. The lowest BCUT2D eigenvalue weighted by Gasteiger charge is -2.11. The van der Waals surface area contributed by atoms with Gasteiger partial charge in [0.2, 0.25) is 0 Å². The first-order valence-electron chi connectivity index (χ1n) is 7.67. The van der Waals surface area contributed by atoms with Gasteiger partial charge in [0.1, 0.15) is 11.5 Å². The predicted octanol–water partition coefficient (Wildman–Crippen LogP) is 2.14. The molecule has 136 valence electrons. The first kappa shape index (κ1) is 17.7. The number of nitrogens with one attached hydrogen (secondary N) is 1. The highest BCUT2D eigenvalue weighted by atomic mass is 32.1. The van der Waals surface area contributed by atoms with Gasteiger partial charge in [-0.05, 0) is 12.1 Å². The summed E-state index contributed by atoms with van der Waals surface area (Å²) < 4.78 is 17.1. The molecule has 1 amide bonds. The van der Waals surface area contributed by atoms with Crippen molar-refractivity contribution in [3.05, 3.63) is 41.7 Å². The highest BCUT2D eigenvalue weighted by Crippen LogP contribution is 2.28. The molecule has 8 nitrogen and oxygen atoms in total. The second kappa shape index (κ2) is 7.87. The Morgan fingerprint density at radius 2 is 2.12 bits per heavy atom. The molecular formula is C17H17N3O5S. The van der Waals surface area contributed by atoms with Crippen molar-refractivity contribution in [2.24, 2.45) is 0 Å². The number of esters is 1. The standard InChI is InChI=1S/C17H17N3O5S/c1-23-12-3-4-14(24-2)13(8-12)19-15(21)10-25-16(22)7-11-9-20-5-6-26-17(20)18-11/h3-6,8-9H,7,10H2,1-2H3,(H,19,21). The Kier molecular flexibility index (Phi) is 5.37. The molecule has 3 rings (SSSR count). The molecule has 0 aliphatic rings. The number of carbonyl (C=O) groups is 2. The summed E-state index contributed by atoms with van der Waals surface area (Å²) in [5, 5.41) is 4.54. The minimum atomic E-state index is -0.525. The molecular weight excluding hydrogens is 358 g/mol. The Balaban J connectivity index is 1.53. The van der Waals surface area contributed by atoms with Crippen LogP contribution >= 0.6 is 11.3 Å². The molecule has 0 saturated carbocycles. The van der Waals surface area contributed by atoms with Crippen LogP contribution in [0.1, 0.15) is 5.69 Å². The number of thiazole rings is 1. The lowest BCUT2D eigenvalue weighted by atomic mass is 10.2. The molecule has 0 aliphatic carbocycles. The van der Waals surface area contributed by atoms with Crippen molar-refractivity contribution < 1.29 is 23.8 Å². The van der Waals surface area contributed by atoms with Gasteiger partial charge in [0, 0.05) is 23.8 Å². The van der Waals surface area contributed by atoms with Crippen molar-refractivity contribution in [2.45, 2.75) is 6.42 Å². The summed E-state index contributed by atoms with van der Waals surface area (Å²) in [5.41, 5.74) is 1.03. The van der Waals surface area contributed by atoms with E-state index in [1.807, 2.05) is 16.0 Å². The van der Waals surface area contributed by atoms with Crippen LogP contribution in [0.4, 0.5) is 5.69 Å². The highest BCUT2D eigenvalue weighted by Gasteiger charge is 2.13. The van der Waals surface area contributed by atoms with Gasteiger partial charge in [0.25, 0.3) is 5.91 Å². The molecule has 0 atom stereocenters. The van der Waals surface area contributed by atoms with E-state index in [1.165, 1.54) is 25.6 Å². The molecule has 0 saturated heterocycles. The summed E-state index contributed by atoms with van der Waals surface area (Å²) in [6, 6.07) is 5.01. The Morgan fingerprint density at radius 1 is 1.27 bits per heavy atom. The molecule has 0 spiro atoms. The normalized spacial score (nSPS) is 10.5. The average Bonchev–Trinajstić information content (AvgIpc) is 3.21. The Hall–Kier alpha value is -3.07. The number of amides is 1. The molecule has 2 heterocycles. The SMILES string of the molecule is COc1ccc(OC)c(NC(=O)COC(=O)Cc2cn3ccsc3n2)c1. The largest absolute Gasteiger partial charge is 0.497 e. The number of imidazole rings is 1. The zero-order chi connectivity index (χ0) is 18.5. The number of anilines is 1. The van der Waals surface area contributed by atoms with Gasteiger partial charge >= 0.3 is 5.97 Å². The molecule has 26 heavy (non-hydrogen) atoms. The van der Waals surface area contributed by atoms with Crippen LogP contribution in [0.25, 0.3) is 4.96 Å². The quantitative estimate of drug-likeness (QED) is 0.636. The fourth-order valence-electron chi connectivity index (χ4n) is 2.30. The smallest absolute Gasteiger partial charge is 0.312 e. The predicted molar refractivity (Wildman–Crippen MR) is 95.9 cm³/mol. The van der Waals surface area contributed by atoms with Crippen LogP contribution in [0.5, 0.6) is 11.5 Å². The van der Waals surface area contributed by atoms with Gasteiger partial charge in [-0.3, -0.25) is 14.0 Å². The number of rotatable bonds is 7. The first-order valence-corrected chi connectivity index (χ1v) is 8.55. The molecule has 0 aliphatic heterocycles. The number of aromatic nitrogens is 2. The van der Waals surface area contributed by atoms with Crippen LogP contribution in [-0.4, -0.2) is 42.1 Å². The van der Waals surface area contributed by atoms with E-state index in [-0.39, 0.29) is 6.42 Å². The van der Waals surface area contributed by atoms with Gasteiger partial charge < -0.3 is 19.5 Å². The maximum absolute atomic E-state index is 12.0. The van der Waals surface area contributed by atoms with Crippen LogP contribution in [0, 0.1) is 0 Å². The van der Waals surface area contributed by atoms with E-state index in [2.05, 4.69) is 10.3 Å². The van der Waals surface area contributed by atoms with Crippen molar-refractivity contribution in [2.75, 3.05) is 26.1 Å². The summed E-state index contributed by atoms with van der Waals surface area (Å²) in [6.07, 6.45) is 3.62. The maximum atomic E-state index is 12.0. The van der Waals surface area contributed by atoms with Crippen molar-refractivity contribution in [1.82, 2.24) is 9.38 Å². The Labute approximate surface area is 153 Å². The van der Waals surface area contributed by atoms with Gasteiger partial charge in [-0.25, -0.2) is 4.98 Å². The summed E-state index contributed by atoms with van der Waals surface area (Å²) >= 11 is 1.47. The third kappa shape index (κ3) is 4.12. The van der Waals surface area contributed by atoms with E-state index in [4.69, 9.17) is 14.2 Å². The molecule has 0 unspecified atom stereocenters. The van der Waals surface area contributed by atoms with E-state index in [1.54, 1.807) is 24.4 Å². The third-order valence-electron chi connectivity index (χ3n) is 3.51. The van der Waals surface area contributed by atoms with Gasteiger partial charge in [0.15, 0.2) is 11.6 Å². The van der Waals surface area contributed by atoms with Crippen molar-refractivity contribution >= 4 is 33.9 Å². The molecule has 9 heteroatoms. The second-order valence-corrected chi connectivity index (χ2v) is 6.15. The van der Waals surface area contributed by atoms with Crippen LogP contribution in [0.3, 0.4) is 0 Å². The Bertz CT molecular complexity index is 905.